The Kier molecular flexibility index (Phi) is 6.19. The van der Waals surface area contributed by atoms with Crippen LogP contribution in [0.2, 0.25) is 0 Å². The summed E-state index contributed by atoms with van der Waals surface area (Å²) < 4.78 is 5.79. The minimum atomic E-state index is 0.290. The number of carbonyl (C=O) groups is 1. The first-order valence-electron chi connectivity index (χ1n) is 10.9. The number of aromatic amines is 1. The largest absolute Gasteiger partial charge is 0.494 e. The van der Waals surface area contributed by atoms with Gasteiger partial charge in [0.2, 0.25) is 5.91 Å². The number of hydrogen-bond acceptors (Lipinski definition) is 4. The molecule has 0 saturated carbocycles. The van der Waals surface area contributed by atoms with Crippen molar-refractivity contribution in [3.8, 4) is 5.75 Å². The fourth-order valence-corrected chi connectivity index (χ4v) is 4.75. The van der Waals surface area contributed by atoms with Gasteiger partial charge in [0, 0.05) is 49.9 Å². The number of benzene rings is 1. The Morgan fingerprint density at radius 2 is 2.03 bits per heavy atom. The third-order valence-electron chi connectivity index (χ3n) is 6.54. The van der Waals surface area contributed by atoms with Crippen LogP contribution in [0.3, 0.4) is 0 Å². The molecule has 6 nitrogen and oxygen atoms in total. The normalized spacial score (nSPS) is 19.6. The lowest BCUT2D eigenvalue weighted by Gasteiger charge is -2.47. The maximum atomic E-state index is 12.5. The Morgan fingerprint density at radius 1 is 1.21 bits per heavy atom. The number of hydrogen-bond donors (Lipinski definition) is 1. The summed E-state index contributed by atoms with van der Waals surface area (Å²) in [6.45, 7) is 7.53. The summed E-state index contributed by atoms with van der Waals surface area (Å²) in [6.07, 6.45) is 8.46. The Morgan fingerprint density at radius 3 is 2.79 bits per heavy atom. The topological polar surface area (TPSA) is 61.5 Å². The number of likely N-dealkylation sites (tertiary alicyclic amines) is 2. The van der Waals surface area contributed by atoms with E-state index in [1.54, 1.807) is 6.33 Å². The van der Waals surface area contributed by atoms with E-state index >= 15 is 0 Å². The van der Waals surface area contributed by atoms with Crippen molar-refractivity contribution in [2.75, 3.05) is 32.8 Å². The van der Waals surface area contributed by atoms with Gasteiger partial charge in [-0.1, -0.05) is 18.2 Å². The van der Waals surface area contributed by atoms with Gasteiger partial charge < -0.3 is 14.6 Å². The molecule has 2 aromatic rings. The van der Waals surface area contributed by atoms with E-state index in [0.29, 0.717) is 18.9 Å². The predicted molar refractivity (Wildman–Crippen MR) is 113 cm³/mol. The van der Waals surface area contributed by atoms with Crippen LogP contribution in [0.15, 0.2) is 36.8 Å². The summed E-state index contributed by atoms with van der Waals surface area (Å²) in [5.41, 5.74) is 2.66. The van der Waals surface area contributed by atoms with E-state index in [0.717, 1.165) is 69.9 Å². The number of nitrogens with one attached hydrogen (secondary N) is 1. The summed E-state index contributed by atoms with van der Waals surface area (Å²) in [5, 5.41) is 0. The molecule has 4 rings (SSSR count). The third-order valence-corrected chi connectivity index (χ3v) is 6.54. The highest BCUT2D eigenvalue weighted by Crippen LogP contribution is 2.40. The molecule has 0 unspecified atom stereocenters. The second kappa shape index (κ2) is 8.99. The Labute approximate surface area is 173 Å². The molecule has 2 fully saturated rings. The monoisotopic (exact) mass is 396 g/mol. The number of rotatable bonds is 7. The van der Waals surface area contributed by atoms with E-state index in [-0.39, 0.29) is 5.41 Å². The van der Waals surface area contributed by atoms with Crippen molar-refractivity contribution >= 4 is 5.91 Å². The molecular weight excluding hydrogens is 364 g/mol. The van der Waals surface area contributed by atoms with Crippen molar-refractivity contribution in [2.45, 2.75) is 45.6 Å². The lowest BCUT2D eigenvalue weighted by atomic mass is 9.72. The SMILES string of the molecule is CCOc1ccccc1CN1CCC2(CCC(=O)N(CCc3cnc[nH]3)C2)CC1. The van der Waals surface area contributed by atoms with Crippen molar-refractivity contribution in [1.29, 1.82) is 0 Å². The fraction of sp³-hybridized carbons (Fsp3) is 0.565. The van der Waals surface area contributed by atoms with Crippen LogP contribution < -0.4 is 4.74 Å². The van der Waals surface area contributed by atoms with Gasteiger partial charge in [-0.2, -0.15) is 0 Å². The van der Waals surface area contributed by atoms with Crippen molar-refractivity contribution < 1.29 is 9.53 Å². The molecule has 29 heavy (non-hydrogen) atoms. The van der Waals surface area contributed by atoms with Gasteiger partial charge in [-0.05, 0) is 50.8 Å². The van der Waals surface area contributed by atoms with Crippen molar-refractivity contribution in [3.05, 3.63) is 48.0 Å². The highest BCUT2D eigenvalue weighted by Gasteiger charge is 2.40. The lowest BCUT2D eigenvalue weighted by molar-refractivity contribution is -0.139. The molecule has 1 aromatic heterocycles. The molecule has 3 heterocycles. The van der Waals surface area contributed by atoms with E-state index < -0.39 is 0 Å². The first-order valence-corrected chi connectivity index (χ1v) is 10.9. The van der Waals surface area contributed by atoms with Crippen LogP contribution in [0.25, 0.3) is 0 Å². The van der Waals surface area contributed by atoms with Crippen LogP contribution in [-0.2, 0) is 17.8 Å². The van der Waals surface area contributed by atoms with Crippen LogP contribution >= 0.6 is 0 Å². The average molecular weight is 397 g/mol. The molecule has 6 heteroatoms. The summed E-state index contributed by atoms with van der Waals surface area (Å²) in [7, 11) is 0. The van der Waals surface area contributed by atoms with Gasteiger partial charge in [-0.25, -0.2) is 4.98 Å². The molecule has 156 valence electrons. The van der Waals surface area contributed by atoms with E-state index in [1.807, 2.05) is 19.2 Å². The number of ether oxygens (including phenoxy) is 1. The highest BCUT2D eigenvalue weighted by molar-refractivity contribution is 5.77. The molecule has 0 radical (unpaired) electrons. The Hall–Kier alpha value is -2.34. The van der Waals surface area contributed by atoms with E-state index in [4.69, 9.17) is 4.74 Å². The molecule has 0 bridgehead atoms. The number of aromatic nitrogens is 2. The van der Waals surface area contributed by atoms with Gasteiger partial charge in [-0.3, -0.25) is 9.69 Å². The molecule has 2 aliphatic heterocycles. The number of nitrogens with zero attached hydrogens (tertiary/aromatic N) is 3. The third kappa shape index (κ3) is 4.81. The van der Waals surface area contributed by atoms with Gasteiger partial charge in [0.25, 0.3) is 0 Å². The van der Waals surface area contributed by atoms with Crippen LogP contribution in [0, 0.1) is 5.41 Å². The average Bonchev–Trinajstić information content (AvgIpc) is 3.26. The maximum absolute atomic E-state index is 12.5. The molecule has 1 spiro atoms. The first kappa shape index (κ1) is 20.0. The second-order valence-electron chi connectivity index (χ2n) is 8.46. The Bertz CT molecular complexity index is 797. The summed E-state index contributed by atoms with van der Waals surface area (Å²) in [5.74, 6) is 1.31. The van der Waals surface area contributed by atoms with Gasteiger partial charge in [-0.15, -0.1) is 0 Å². The molecule has 1 N–H and O–H groups in total. The van der Waals surface area contributed by atoms with Crippen molar-refractivity contribution in [1.82, 2.24) is 19.8 Å². The van der Waals surface area contributed by atoms with E-state index in [2.05, 4.69) is 38.0 Å². The number of imidazole rings is 1. The minimum absolute atomic E-state index is 0.290. The number of amides is 1. The smallest absolute Gasteiger partial charge is 0.222 e. The summed E-state index contributed by atoms with van der Waals surface area (Å²) >= 11 is 0. The van der Waals surface area contributed by atoms with Crippen LogP contribution in [0.5, 0.6) is 5.75 Å². The first-order chi connectivity index (χ1) is 14.2. The molecular formula is C23H32N4O2. The maximum Gasteiger partial charge on any atom is 0.222 e. The highest BCUT2D eigenvalue weighted by atomic mass is 16.5. The molecule has 0 aliphatic carbocycles. The fourth-order valence-electron chi connectivity index (χ4n) is 4.75. The quantitative estimate of drug-likeness (QED) is 0.780. The number of carbonyl (C=O) groups excluding carboxylic acids is 1. The van der Waals surface area contributed by atoms with Gasteiger partial charge in [0.05, 0.1) is 12.9 Å². The Balaban J connectivity index is 1.32. The predicted octanol–water partition coefficient (Wildman–Crippen LogP) is 3.26. The minimum Gasteiger partial charge on any atom is -0.494 e. The van der Waals surface area contributed by atoms with Gasteiger partial charge >= 0.3 is 0 Å². The number of para-hydroxylation sites is 1. The zero-order valence-electron chi connectivity index (χ0n) is 17.4. The van der Waals surface area contributed by atoms with E-state index in [9.17, 15) is 4.79 Å². The van der Waals surface area contributed by atoms with E-state index in [1.165, 1.54) is 5.56 Å². The number of piperidine rings is 2. The van der Waals surface area contributed by atoms with Gasteiger partial charge in [0.1, 0.15) is 5.75 Å². The zero-order valence-corrected chi connectivity index (χ0v) is 17.4. The molecule has 1 amide bonds. The molecule has 1 aromatic carbocycles. The van der Waals surface area contributed by atoms with Crippen LogP contribution in [-0.4, -0.2) is 58.5 Å². The van der Waals surface area contributed by atoms with Crippen LogP contribution in [0.1, 0.15) is 43.9 Å². The summed E-state index contributed by atoms with van der Waals surface area (Å²) in [6, 6.07) is 8.37. The van der Waals surface area contributed by atoms with Crippen molar-refractivity contribution in [3.63, 3.8) is 0 Å². The zero-order chi connectivity index (χ0) is 20.1. The molecule has 2 aliphatic rings. The van der Waals surface area contributed by atoms with Crippen molar-refractivity contribution in [2.24, 2.45) is 5.41 Å². The summed E-state index contributed by atoms with van der Waals surface area (Å²) in [4.78, 5) is 24.3. The molecule has 0 atom stereocenters. The standard InChI is InChI=1S/C23H32N4O2/c1-2-29-21-6-4-3-5-19(21)16-26-13-10-23(11-14-26)9-7-22(28)27(17-23)12-8-20-15-24-18-25-20/h3-6,15,18H,2,7-14,16-17H2,1H3,(H,24,25). The molecule has 2 saturated heterocycles. The van der Waals surface area contributed by atoms with Gasteiger partial charge in [0.15, 0.2) is 0 Å². The van der Waals surface area contributed by atoms with Crippen LogP contribution in [0.4, 0.5) is 0 Å². The second-order valence-corrected chi connectivity index (χ2v) is 8.46. The number of H-pyrrole nitrogens is 1. The lowest BCUT2D eigenvalue weighted by Crippen LogP contribution is -2.51.